The molecule has 0 heterocycles. The van der Waals surface area contributed by atoms with E-state index >= 15 is 0 Å². The third-order valence-electron chi connectivity index (χ3n) is 0. The van der Waals surface area contributed by atoms with Gasteiger partial charge in [0.2, 0.25) is 0 Å². The van der Waals surface area contributed by atoms with Crippen molar-refractivity contribution in [3.8, 4) is 0 Å². The van der Waals surface area contributed by atoms with Crippen LogP contribution in [-0.2, 0) is 15.9 Å². The molecule has 0 saturated heterocycles. The molecule has 0 aliphatic rings. The first-order valence-electron chi connectivity index (χ1n) is 0.671. The quantitative estimate of drug-likeness (QED) is 0.619. The molecule has 0 aliphatic heterocycles. The Bertz CT molecular complexity index is 78.2. The molecular formula is C3H8Cl2Pt. The molecule has 0 N–H and O–H groups in total. The summed E-state index contributed by atoms with van der Waals surface area (Å²) in [7, 11) is 0. The van der Waals surface area contributed by atoms with Crippen LogP contribution in [0.1, 0.15) is 0 Å². The van der Waals surface area contributed by atoms with E-state index in [4.69, 9.17) is 0 Å². The average Bonchev–Trinajstić information content (AvgIpc) is 0.811. The monoisotopic (exact) mass is 309 g/mol. The SMILES string of the molecule is Cl.Cl.[CH2]=[Pt](=[CH2])=[CH2]. The first-order valence-corrected chi connectivity index (χ1v) is 5.49. The van der Waals surface area contributed by atoms with Crippen LogP contribution >= 0.6 is 24.8 Å². The number of halogens is 2. The van der Waals surface area contributed by atoms with Gasteiger partial charge in [-0.1, -0.05) is 0 Å². The second-order valence-electron chi connectivity index (χ2n) is 0.474. The standard InChI is InChI=1S/3CH2.2ClH.Pt/h3*1H2;2*1H;. The van der Waals surface area contributed by atoms with Crippen LogP contribution in [0.25, 0.3) is 0 Å². The van der Waals surface area contributed by atoms with E-state index in [0.717, 1.165) is 0 Å². The summed E-state index contributed by atoms with van der Waals surface area (Å²) in [5.41, 5.74) is 0. The second-order valence-corrected chi connectivity index (χ2v) is 3.88. The van der Waals surface area contributed by atoms with Crippen LogP contribution < -0.4 is 0 Å². The predicted octanol–water partition coefficient (Wildman–Crippen LogP) is 0.744. The van der Waals surface area contributed by atoms with E-state index in [1.807, 2.05) is 0 Å². The van der Waals surface area contributed by atoms with Crippen molar-refractivity contribution in [2.75, 3.05) is 0 Å². The van der Waals surface area contributed by atoms with E-state index in [2.05, 4.69) is 14.7 Å². The molecule has 0 atom stereocenters. The summed E-state index contributed by atoms with van der Waals surface area (Å²) in [6.45, 7) is 0. The van der Waals surface area contributed by atoms with Gasteiger partial charge in [-0.05, 0) is 0 Å². The molecule has 0 bridgehead atoms. The summed E-state index contributed by atoms with van der Waals surface area (Å²) in [6.07, 6.45) is 0. The normalized spacial score (nSPS) is 7.00. The Kier molecular flexibility index (Phi) is 24.5. The van der Waals surface area contributed by atoms with Gasteiger partial charge in [0.25, 0.3) is 0 Å². The van der Waals surface area contributed by atoms with Gasteiger partial charge in [-0.25, -0.2) is 0 Å². The van der Waals surface area contributed by atoms with Crippen molar-refractivity contribution in [3.63, 3.8) is 0 Å². The van der Waals surface area contributed by atoms with Gasteiger partial charge in [-0.15, -0.1) is 24.8 Å². The van der Waals surface area contributed by atoms with Crippen molar-refractivity contribution in [2.45, 2.75) is 0 Å². The number of hydrogen-bond acceptors (Lipinski definition) is 0. The molecule has 0 radical (unpaired) electrons. The molecule has 0 unspecified atom stereocenters. The summed E-state index contributed by atoms with van der Waals surface area (Å²) in [6, 6.07) is 0. The van der Waals surface area contributed by atoms with Crippen LogP contribution in [0.2, 0.25) is 0 Å². The van der Waals surface area contributed by atoms with Crippen molar-refractivity contribution < 1.29 is 15.9 Å². The first-order chi connectivity index (χ1) is 1.73. The van der Waals surface area contributed by atoms with Crippen molar-refractivity contribution >= 4 is 39.5 Å². The zero-order valence-corrected chi connectivity index (χ0v) is 7.16. The Hall–Kier alpha value is 0.878. The van der Waals surface area contributed by atoms with Crippen LogP contribution in [0.3, 0.4) is 0 Å². The average molecular weight is 310 g/mol. The van der Waals surface area contributed by atoms with Crippen LogP contribution in [0.15, 0.2) is 0 Å². The van der Waals surface area contributed by atoms with Crippen LogP contribution in [0, 0.1) is 0 Å². The van der Waals surface area contributed by atoms with E-state index in [-0.39, 0.29) is 24.8 Å². The van der Waals surface area contributed by atoms with Gasteiger partial charge in [0.05, 0.1) is 0 Å². The molecule has 0 aromatic carbocycles. The minimum atomic E-state index is -1.02. The fraction of sp³-hybridized carbons (Fsp3) is 0. The topological polar surface area (TPSA) is 0 Å². The minimum absolute atomic E-state index is 0. The van der Waals surface area contributed by atoms with E-state index in [1.54, 1.807) is 0 Å². The Morgan fingerprint density at radius 1 is 0.833 bits per heavy atom. The van der Waals surface area contributed by atoms with Gasteiger partial charge >= 0.3 is 30.6 Å². The molecule has 3 heteroatoms. The summed E-state index contributed by atoms with van der Waals surface area (Å²) in [5, 5.41) is 0. The van der Waals surface area contributed by atoms with Gasteiger partial charge in [0.15, 0.2) is 0 Å². The van der Waals surface area contributed by atoms with E-state index < -0.39 is 15.9 Å². The molecule has 0 saturated carbocycles. The van der Waals surface area contributed by atoms with E-state index in [9.17, 15) is 0 Å². The van der Waals surface area contributed by atoms with Crippen molar-refractivity contribution in [3.05, 3.63) is 0 Å². The predicted molar refractivity (Wildman–Crippen MR) is 35.9 cm³/mol. The van der Waals surface area contributed by atoms with Crippen LogP contribution in [0.4, 0.5) is 0 Å². The van der Waals surface area contributed by atoms with Crippen LogP contribution in [-0.4, -0.2) is 14.7 Å². The molecule has 0 nitrogen and oxygen atoms in total. The molecule has 0 aromatic rings. The molecule has 0 aliphatic carbocycles. The summed E-state index contributed by atoms with van der Waals surface area (Å²) in [5.74, 6) is 0. The number of hydrogen-bond donors (Lipinski definition) is 0. The van der Waals surface area contributed by atoms with Crippen LogP contribution in [0.5, 0.6) is 0 Å². The Morgan fingerprint density at radius 3 is 0.833 bits per heavy atom. The van der Waals surface area contributed by atoms with Gasteiger partial charge in [0.1, 0.15) is 0 Å². The Balaban J connectivity index is -0.0000000450. The molecule has 44 valence electrons. The first kappa shape index (κ1) is 15.8. The van der Waals surface area contributed by atoms with E-state index in [0.29, 0.717) is 0 Å². The molecule has 0 spiro atoms. The Morgan fingerprint density at radius 2 is 0.833 bits per heavy atom. The summed E-state index contributed by atoms with van der Waals surface area (Å²) in [4.78, 5) is 10.7. The third-order valence-corrected chi connectivity index (χ3v) is 0. The fourth-order valence-corrected chi connectivity index (χ4v) is 0. The molecule has 6 heavy (non-hydrogen) atoms. The van der Waals surface area contributed by atoms with Gasteiger partial charge < -0.3 is 0 Å². The zero-order valence-electron chi connectivity index (χ0n) is 3.25. The molecule has 0 amide bonds. The maximum atomic E-state index is 3.57. The fourth-order valence-electron chi connectivity index (χ4n) is 0. The van der Waals surface area contributed by atoms with Gasteiger partial charge in [0, 0.05) is 0 Å². The molecule has 0 fully saturated rings. The van der Waals surface area contributed by atoms with E-state index in [1.165, 1.54) is 0 Å². The third kappa shape index (κ3) is 95.1. The van der Waals surface area contributed by atoms with Gasteiger partial charge in [-0.3, -0.25) is 0 Å². The number of rotatable bonds is 0. The molecular weight excluding hydrogens is 302 g/mol. The Labute approximate surface area is 55.5 Å². The van der Waals surface area contributed by atoms with Crippen molar-refractivity contribution in [1.29, 1.82) is 0 Å². The maximum absolute atomic E-state index is 3.57. The van der Waals surface area contributed by atoms with Crippen molar-refractivity contribution in [1.82, 2.24) is 0 Å². The molecule has 0 rings (SSSR count). The second kappa shape index (κ2) is 9.30. The van der Waals surface area contributed by atoms with Gasteiger partial charge in [-0.2, -0.15) is 0 Å². The summed E-state index contributed by atoms with van der Waals surface area (Å²) >= 11 is -1.02. The molecule has 0 aromatic heterocycles. The summed E-state index contributed by atoms with van der Waals surface area (Å²) < 4.78 is 0. The zero-order chi connectivity index (χ0) is 3.58. The van der Waals surface area contributed by atoms with Crippen molar-refractivity contribution in [2.24, 2.45) is 0 Å².